The van der Waals surface area contributed by atoms with Crippen molar-refractivity contribution >= 4 is 22.3 Å². The Morgan fingerprint density at radius 3 is 2.71 bits per heavy atom. The smallest absolute Gasteiger partial charge is 0.226 e. The number of rotatable bonds is 1. The Morgan fingerprint density at radius 1 is 0.968 bits per heavy atom. The Morgan fingerprint density at radius 2 is 1.84 bits per heavy atom. The molecular weight excluding hydrogens is 390 g/mol. The van der Waals surface area contributed by atoms with Crippen LogP contribution in [0.2, 0.25) is 0 Å². The topological polar surface area (TPSA) is 79.1 Å². The molecule has 0 aromatic heterocycles. The number of phenols is 2. The SMILES string of the molecule is O=C1C2=C(N=C3CCCCC13)Oc1ccc3ccccc3c1C2c1ccc(O)c(O)c1. The lowest BCUT2D eigenvalue weighted by Gasteiger charge is -2.36. The fraction of sp³-hybridized carbons (Fsp3) is 0.231. The highest BCUT2D eigenvalue weighted by Crippen LogP contribution is 2.50. The van der Waals surface area contributed by atoms with E-state index in [9.17, 15) is 15.0 Å². The summed E-state index contributed by atoms with van der Waals surface area (Å²) >= 11 is 0. The molecule has 1 fully saturated rings. The zero-order valence-electron chi connectivity index (χ0n) is 16.8. The van der Waals surface area contributed by atoms with Gasteiger partial charge in [-0.1, -0.05) is 42.8 Å². The maximum Gasteiger partial charge on any atom is 0.226 e. The van der Waals surface area contributed by atoms with Gasteiger partial charge in [0.1, 0.15) is 5.75 Å². The maximum atomic E-state index is 13.7. The fourth-order valence-electron chi connectivity index (χ4n) is 5.20. The molecule has 0 amide bonds. The Kier molecular flexibility index (Phi) is 3.93. The van der Waals surface area contributed by atoms with Crippen LogP contribution in [0.5, 0.6) is 17.2 Å². The first kappa shape index (κ1) is 18.2. The lowest BCUT2D eigenvalue weighted by molar-refractivity contribution is -0.118. The van der Waals surface area contributed by atoms with Crippen LogP contribution in [-0.2, 0) is 4.79 Å². The average molecular weight is 411 g/mol. The van der Waals surface area contributed by atoms with E-state index in [0.717, 1.165) is 53.3 Å². The van der Waals surface area contributed by atoms with E-state index in [0.29, 0.717) is 17.2 Å². The van der Waals surface area contributed by atoms with Crippen molar-refractivity contribution in [2.45, 2.75) is 31.6 Å². The lowest BCUT2D eigenvalue weighted by atomic mass is 9.72. The zero-order valence-corrected chi connectivity index (χ0v) is 16.8. The minimum absolute atomic E-state index is 0.0656. The van der Waals surface area contributed by atoms with Crippen LogP contribution in [-0.4, -0.2) is 21.7 Å². The molecule has 3 aliphatic rings. The lowest BCUT2D eigenvalue weighted by Crippen LogP contribution is -2.36. The third-order valence-electron chi connectivity index (χ3n) is 6.68. The van der Waals surface area contributed by atoms with Crippen molar-refractivity contribution < 1.29 is 19.7 Å². The number of hydrogen-bond donors (Lipinski definition) is 2. The Bertz CT molecular complexity index is 1320. The summed E-state index contributed by atoms with van der Waals surface area (Å²) in [5.41, 5.74) is 3.09. The van der Waals surface area contributed by atoms with Gasteiger partial charge >= 0.3 is 0 Å². The number of ketones is 1. The summed E-state index contributed by atoms with van der Waals surface area (Å²) < 4.78 is 6.23. The second-order valence-corrected chi connectivity index (χ2v) is 8.47. The van der Waals surface area contributed by atoms with Crippen LogP contribution >= 0.6 is 0 Å². The number of carbonyl (C=O) groups excluding carboxylic acids is 1. The van der Waals surface area contributed by atoms with Gasteiger partial charge in [-0.25, -0.2) is 4.99 Å². The summed E-state index contributed by atoms with van der Waals surface area (Å²) in [5, 5.41) is 22.1. The highest BCUT2D eigenvalue weighted by atomic mass is 16.5. The van der Waals surface area contributed by atoms with Gasteiger partial charge in [0.05, 0.1) is 11.5 Å². The Balaban J connectivity index is 1.65. The molecule has 31 heavy (non-hydrogen) atoms. The molecule has 1 saturated carbocycles. The van der Waals surface area contributed by atoms with Crippen molar-refractivity contribution in [2.24, 2.45) is 10.9 Å². The number of Topliss-reactive ketones (excluding diaryl/α,β-unsaturated/α-hetero) is 1. The average Bonchev–Trinajstić information content (AvgIpc) is 2.79. The number of phenolic OH excluding ortho intramolecular Hbond substituents is 2. The number of nitrogens with zero attached hydrogens (tertiary/aromatic N) is 1. The van der Waals surface area contributed by atoms with E-state index in [-0.39, 0.29) is 23.2 Å². The first-order valence-corrected chi connectivity index (χ1v) is 10.7. The molecule has 6 rings (SSSR count). The number of fused-ring (bicyclic) bond motifs is 4. The van der Waals surface area contributed by atoms with Crippen molar-refractivity contribution in [1.29, 1.82) is 0 Å². The van der Waals surface area contributed by atoms with E-state index < -0.39 is 5.92 Å². The van der Waals surface area contributed by atoms with Crippen molar-refractivity contribution in [3.8, 4) is 17.2 Å². The van der Waals surface area contributed by atoms with E-state index in [4.69, 9.17) is 9.73 Å². The number of carbonyl (C=O) groups is 1. The van der Waals surface area contributed by atoms with Gasteiger partial charge in [-0.3, -0.25) is 4.79 Å². The van der Waals surface area contributed by atoms with Crippen LogP contribution in [0.25, 0.3) is 10.8 Å². The quantitative estimate of drug-likeness (QED) is 0.540. The first-order chi connectivity index (χ1) is 15.1. The van der Waals surface area contributed by atoms with Crippen molar-refractivity contribution in [2.75, 3.05) is 0 Å². The highest BCUT2D eigenvalue weighted by molar-refractivity contribution is 6.16. The number of hydrogen-bond acceptors (Lipinski definition) is 5. The van der Waals surface area contributed by atoms with Crippen LogP contribution in [0, 0.1) is 5.92 Å². The third-order valence-corrected chi connectivity index (χ3v) is 6.68. The maximum absolute atomic E-state index is 13.7. The predicted octanol–water partition coefficient (Wildman–Crippen LogP) is 5.20. The van der Waals surface area contributed by atoms with Crippen molar-refractivity contribution in [3.05, 3.63) is 77.2 Å². The summed E-state index contributed by atoms with van der Waals surface area (Å²) in [6.07, 6.45) is 3.70. The molecule has 3 aromatic carbocycles. The molecule has 2 atom stereocenters. The second kappa shape index (κ2) is 6.71. The monoisotopic (exact) mass is 411 g/mol. The molecule has 2 unspecified atom stereocenters. The molecule has 0 saturated heterocycles. The Hall–Kier alpha value is -3.60. The van der Waals surface area contributed by atoms with Crippen LogP contribution in [0.3, 0.4) is 0 Å². The molecule has 5 heteroatoms. The third kappa shape index (κ3) is 2.69. The zero-order chi connectivity index (χ0) is 21.1. The Labute approximate surface area is 179 Å². The van der Waals surface area contributed by atoms with Gasteiger partial charge in [-0.05, 0) is 53.8 Å². The fourth-order valence-corrected chi connectivity index (χ4v) is 5.20. The second-order valence-electron chi connectivity index (χ2n) is 8.47. The van der Waals surface area contributed by atoms with Gasteiger partial charge in [0.2, 0.25) is 5.88 Å². The van der Waals surface area contributed by atoms with E-state index in [1.54, 1.807) is 6.07 Å². The molecule has 154 valence electrons. The van der Waals surface area contributed by atoms with E-state index >= 15 is 0 Å². The largest absolute Gasteiger partial charge is 0.504 e. The van der Waals surface area contributed by atoms with Crippen LogP contribution in [0.1, 0.15) is 42.7 Å². The predicted molar refractivity (Wildman–Crippen MR) is 118 cm³/mol. The molecule has 5 nitrogen and oxygen atoms in total. The van der Waals surface area contributed by atoms with Gasteiger partial charge in [0.25, 0.3) is 0 Å². The van der Waals surface area contributed by atoms with E-state index in [2.05, 4.69) is 0 Å². The molecule has 3 aromatic rings. The molecular formula is C26H21NO4. The molecule has 2 heterocycles. The van der Waals surface area contributed by atoms with Gasteiger partial charge in [0, 0.05) is 17.2 Å². The summed E-state index contributed by atoms with van der Waals surface area (Å²) in [6, 6.07) is 16.7. The molecule has 2 aliphatic heterocycles. The minimum Gasteiger partial charge on any atom is -0.504 e. The molecule has 2 N–H and O–H groups in total. The number of aliphatic imine (C=N–C) groups is 1. The summed E-state index contributed by atoms with van der Waals surface area (Å²) in [4.78, 5) is 18.6. The molecule has 0 radical (unpaired) electrons. The van der Waals surface area contributed by atoms with Crippen molar-refractivity contribution in [3.63, 3.8) is 0 Å². The van der Waals surface area contributed by atoms with Gasteiger partial charge < -0.3 is 14.9 Å². The van der Waals surface area contributed by atoms with Crippen molar-refractivity contribution in [1.82, 2.24) is 0 Å². The van der Waals surface area contributed by atoms with Gasteiger partial charge in [0.15, 0.2) is 17.3 Å². The first-order valence-electron chi connectivity index (χ1n) is 10.7. The highest BCUT2D eigenvalue weighted by Gasteiger charge is 2.43. The van der Waals surface area contributed by atoms with Gasteiger partial charge in [-0.15, -0.1) is 0 Å². The van der Waals surface area contributed by atoms with Crippen LogP contribution in [0.4, 0.5) is 0 Å². The summed E-state index contributed by atoms with van der Waals surface area (Å²) in [7, 11) is 0. The summed E-state index contributed by atoms with van der Waals surface area (Å²) in [5.74, 6) is 0.0800. The number of allylic oxidation sites excluding steroid dienone is 1. The van der Waals surface area contributed by atoms with Crippen LogP contribution < -0.4 is 4.74 Å². The number of benzene rings is 3. The summed E-state index contributed by atoms with van der Waals surface area (Å²) in [6.45, 7) is 0. The van der Waals surface area contributed by atoms with Gasteiger partial charge in [-0.2, -0.15) is 0 Å². The number of aromatic hydroxyl groups is 2. The standard InChI is InChI=1S/C26H21NO4/c28-19-11-9-15(13-20(19)29)22-23-16-6-2-1-5-14(16)10-12-21(23)31-26-24(22)25(30)17-7-3-4-8-18(17)27-26/h1-2,5-6,9-13,17,22,28-29H,3-4,7-8H2. The minimum atomic E-state index is -0.434. The van der Waals surface area contributed by atoms with E-state index in [1.807, 2.05) is 36.4 Å². The number of ether oxygens (including phenoxy) is 1. The molecule has 1 aliphatic carbocycles. The molecule has 0 spiro atoms. The molecule has 0 bridgehead atoms. The van der Waals surface area contributed by atoms with E-state index in [1.165, 1.54) is 12.1 Å². The van der Waals surface area contributed by atoms with Crippen LogP contribution in [0.15, 0.2) is 71.0 Å². The normalized spacial score (nSPS) is 22.3.